The molecule has 1 N–H and O–H groups in total. The second kappa shape index (κ2) is 6.05. The first-order valence-electron chi connectivity index (χ1n) is 8.05. The first kappa shape index (κ1) is 14.3. The SMILES string of the molecule is O=C(Nc1ccc2c(c1)CCC[C@H]1O[C@H]21)OCc1ccccc1. The van der Waals surface area contributed by atoms with Gasteiger partial charge < -0.3 is 9.47 Å². The summed E-state index contributed by atoms with van der Waals surface area (Å²) in [6, 6.07) is 15.7. The third-order valence-electron chi connectivity index (χ3n) is 4.43. The number of carbonyl (C=O) groups excluding carboxylic acids is 1. The third-order valence-corrected chi connectivity index (χ3v) is 4.43. The van der Waals surface area contributed by atoms with E-state index in [1.54, 1.807) is 0 Å². The van der Waals surface area contributed by atoms with Crippen LogP contribution in [-0.4, -0.2) is 12.2 Å². The molecule has 2 aromatic rings. The molecule has 1 aliphatic carbocycles. The van der Waals surface area contributed by atoms with Crippen molar-refractivity contribution in [3.63, 3.8) is 0 Å². The lowest BCUT2D eigenvalue weighted by Gasteiger charge is -2.11. The van der Waals surface area contributed by atoms with E-state index in [0.717, 1.165) is 30.5 Å². The molecule has 0 unspecified atom stereocenters. The summed E-state index contributed by atoms with van der Waals surface area (Å²) in [5, 5.41) is 2.81. The molecule has 1 aliphatic heterocycles. The van der Waals surface area contributed by atoms with Gasteiger partial charge in [-0.15, -0.1) is 0 Å². The number of hydrogen-bond donors (Lipinski definition) is 1. The zero-order valence-corrected chi connectivity index (χ0v) is 12.8. The number of anilines is 1. The zero-order valence-electron chi connectivity index (χ0n) is 12.8. The molecule has 4 nitrogen and oxygen atoms in total. The van der Waals surface area contributed by atoms with E-state index in [1.165, 1.54) is 11.1 Å². The number of aryl methyl sites for hydroxylation is 1. The lowest BCUT2D eigenvalue weighted by Crippen LogP contribution is -2.13. The number of benzene rings is 2. The normalized spacial score (nSPS) is 21.6. The van der Waals surface area contributed by atoms with Crippen LogP contribution >= 0.6 is 0 Å². The van der Waals surface area contributed by atoms with E-state index < -0.39 is 6.09 Å². The number of fused-ring (bicyclic) bond motifs is 3. The molecule has 23 heavy (non-hydrogen) atoms. The molecule has 0 spiro atoms. The summed E-state index contributed by atoms with van der Waals surface area (Å²) in [6.07, 6.45) is 3.55. The van der Waals surface area contributed by atoms with Crippen molar-refractivity contribution in [2.24, 2.45) is 0 Å². The fourth-order valence-corrected chi connectivity index (χ4v) is 3.18. The molecule has 2 aliphatic rings. The summed E-state index contributed by atoms with van der Waals surface area (Å²) in [5.74, 6) is 0. The highest BCUT2D eigenvalue weighted by Crippen LogP contribution is 2.46. The fraction of sp³-hybridized carbons (Fsp3) is 0.316. The van der Waals surface area contributed by atoms with E-state index in [4.69, 9.17) is 9.47 Å². The highest BCUT2D eigenvalue weighted by molar-refractivity contribution is 5.84. The van der Waals surface area contributed by atoms with Crippen LogP contribution in [0.5, 0.6) is 0 Å². The van der Waals surface area contributed by atoms with Gasteiger partial charge in [-0.25, -0.2) is 4.79 Å². The van der Waals surface area contributed by atoms with Crippen LogP contribution in [0.25, 0.3) is 0 Å². The van der Waals surface area contributed by atoms with Gasteiger partial charge in [0.05, 0.1) is 6.10 Å². The van der Waals surface area contributed by atoms with Gasteiger partial charge in [0, 0.05) is 5.69 Å². The smallest absolute Gasteiger partial charge is 0.411 e. The predicted octanol–water partition coefficient (Wildman–Crippen LogP) is 4.21. The van der Waals surface area contributed by atoms with Crippen LogP contribution in [0.3, 0.4) is 0 Å². The molecule has 1 amide bonds. The number of rotatable bonds is 3. The van der Waals surface area contributed by atoms with Crippen molar-refractivity contribution in [1.29, 1.82) is 0 Å². The Balaban J connectivity index is 1.39. The van der Waals surface area contributed by atoms with E-state index >= 15 is 0 Å². The van der Waals surface area contributed by atoms with Crippen molar-refractivity contribution in [1.82, 2.24) is 0 Å². The maximum atomic E-state index is 11.9. The minimum Gasteiger partial charge on any atom is -0.444 e. The summed E-state index contributed by atoms with van der Waals surface area (Å²) in [5.41, 5.74) is 4.30. The number of amides is 1. The molecule has 0 bridgehead atoms. The molecule has 0 saturated carbocycles. The molecule has 0 aromatic heterocycles. The number of hydrogen-bond acceptors (Lipinski definition) is 3. The van der Waals surface area contributed by atoms with Gasteiger partial charge in [0.2, 0.25) is 0 Å². The Bertz CT molecular complexity index is 714. The Morgan fingerprint density at radius 3 is 2.96 bits per heavy atom. The van der Waals surface area contributed by atoms with E-state index in [2.05, 4.69) is 11.4 Å². The summed E-state index contributed by atoms with van der Waals surface area (Å²) in [4.78, 5) is 11.9. The first-order chi connectivity index (χ1) is 11.3. The average Bonchev–Trinajstić information content (AvgIpc) is 3.34. The second-order valence-corrected chi connectivity index (χ2v) is 6.09. The van der Waals surface area contributed by atoms with E-state index in [9.17, 15) is 4.79 Å². The molecule has 2 atom stereocenters. The molecule has 1 fully saturated rings. The highest BCUT2D eigenvalue weighted by atomic mass is 16.6. The van der Waals surface area contributed by atoms with Crippen LogP contribution in [0.4, 0.5) is 10.5 Å². The maximum absolute atomic E-state index is 11.9. The summed E-state index contributed by atoms with van der Waals surface area (Å²) in [6.45, 7) is 0.273. The van der Waals surface area contributed by atoms with Crippen LogP contribution in [0, 0.1) is 0 Å². The summed E-state index contributed by atoms with van der Waals surface area (Å²) < 4.78 is 10.9. The van der Waals surface area contributed by atoms with Crippen molar-refractivity contribution in [2.75, 3.05) is 5.32 Å². The maximum Gasteiger partial charge on any atom is 0.411 e. The molecular weight excluding hydrogens is 290 g/mol. The second-order valence-electron chi connectivity index (χ2n) is 6.09. The quantitative estimate of drug-likeness (QED) is 0.864. The lowest BCUT2D eigenvalue weighted by molar-refractivity contribution is 0.155. The van der Waals surface area contributed by atoms with E-state index in [-0.39, 0.29) is 12.7 Å². The first-order valence-corrected chi connectivity index (χ1v) is 8.05. The van der Waals surface area contributed by atoms with Crippen molar-refractivity contribution >= 4 is 11.8 Å². The van der Waals surface area contributed by atoms with Gasteiger partial charge in [0.25, 0.3) is 0 Å². The van der Waals surface area contributed by atoms with Gasteiger partial charge in [-0.05, 0) is 48.1 Å². The Kier molecular flexibility index (Phi) is 3.75. The highest BCUT2D eigenvalue weighted by Gasteiger charge is 2.42. The van der Waals surface area contributed by atoms with E-state index in [1.807, 2.05) is 42.5 Å². The predicted molar refractivity (Wildman–Crippen MR) is 87.2 cm³/mol. The van der Waals surface area contributed by atoms with Crippen molar-refractivity contribution in [3.05, 3.63) is 65.2 Å². The van der Waals surface area contributed by atoms with Crippen LogP contribution in [0.2, 0.25) is 0 Å². The zero-order chi connectivity index (χ0) is 15.6. The van der Waals surface area contributed by atoms with Crippen LogP contribution < -0.4 is 5.32 Å². The molecule has 2 aromatic carbocycles. The molecule has 118 valence electrons. The Labute approximate surface area is 135 Å². The van der Waals surface area contributed by atoms with Crippen molar-refractivity contribution in [2.45, 2.75) is 38.1 Å². The van der Waals surface area contributed by atoms with Crippen LogP contribution in [-0.2, 0) is 22.5 Å². The Morgan fingerprint density at radius 1 is 1.22 bits per heavy atom. The third kappa shape index (κ3) is 3.22. The topological polar surface area (TPSA) is 50.9 Å². The molecule has 1 saturated heterocycles. The Morgan fingerprint density at radius 2 is 2.09 bits per heavy atom. The van der Waals surface area contributed by atoms with Crippen LogP contribution in [0.15, 0.2) is 48.5 Å². The number of ether oxygens (including phenoxy) is 2. The van der Waals surface area contributed by atoms with Crippen LogP contribution in [0.1, 0.15) is 35.6 Å². The van der Waals surface area contributed by atoms with Gasteiger partial charge in [-0.1, -0.05) is 36.4 Å². The number of carbonyl (C=O) groups is 1. The minimum atomic E-state index is -0.428. The summed E-state index contributed by atoms with van der Waals surface area (Å²) >= 11 is 0. The van der Waals surface area contributed by atoms with Gasteiger partial charge >= 0.3 is 6.09 Å². The summed E-state index contributed by atoms with van der Waals surface area (Å²) in [7, 11) is 0. The molecule has 0 radical (unpaired) electrons. The largest absolute Gasteiger partial charge is 0.444 e. The lowest BCUT2D eigenvalue weighted by atomic mass is 10.0. The van der Waals surface area contributed by atoms with Crippen molar-refractivity contribution in [3.8, 4) is 0 Å². The molecular formula is C19H19NO3. The molecule has 4 heteroatoms. The molecule has 1 heterocycles. The Hall–Kier alpha value is -2.33. The number of nitrogens with one attached hydrogen (secondary N) is 1. The van der Waals surface area contributed by atoms with Crippen molar-refractivity contribution < 1.29 is 14.3 Å². The fourth-order valence-electron chi connectivity index (χ4n) is 3.18. The minimum absolute atomic E-state index is 0.270. The number of epoxide rings is 1. The standard InChI is InChI=1S/C19H19NO3/c21-19(22-12-13-5-2-1-3-6-13)20-15-9-10-16-14(11-15)7-4-8-17-18(16)23-17/h1-3,5-6,9-11,17-18H,4,7-8,12H2,(H,20,21)/t17-,18-/m1/s1. The van der Waals surface area contributed by atoms with Gasteiger partial charge in [0.1, 0.15) is 12.7 Å². The average molecular weight is 309 g/mol. The molecule has 4 rings (SSSR count). The van der Waals surface area contributed by atoms with E-state index in [0.29, 0.717) is 6.10 Å². The van der Waals surface area contributed by atoms with Gasteiger partial charge in [0.15, 0.2) is 0 Å². The van der Waals surface area contributed by atoms with Gasteiger partial charge in [-0.2, -0.15) is 0 Å². The van der Waals surface area contributed by atoms with Gasteiger partial charge in [-0.3, -0.25) is 5.32 Å². The monoisotopic (exact) mass is 309 g/mol.